The van der Waals surface area contributed by atoms with Crippen LogP contribution in [0.2, 0.25) is 0 Å². The Labute approximate surface area is 136 Å². The number of nitrogens with zero attached hydrogens (tertiary/aromatic N) is 3. The first-order chi connectivity index (χ1) is 11.2. The third-order valence-corrected chi connectivity index (χ3v) is 4.38. The molecule has 1 saturated heterocycles. The van der Waals surface area contributed by atoms with Crippen molar-refractivity contribution in [1.82, 2.24) is 10.1 Å². The number of nitriles is 1. The standard InChI is InChI=1S/C18H21N3O2/c1-13-18(14(2)23-20-13)12-21-9-7-17(8-10-21)22-16-5-3-15(11-19)4-6-16/h3-6,17H,7-10,12H2,1-2H3. The van der Waals surface area contributed by atoms with Crippen LogP contribution in [0.15, 0.2) is 28.8 Å². The molecule has 1 aliphatic rings. The molecule has 1 aliphatic heterocycles. The van der Waals surface area contributed by atoms with Gasteiger partial charge in [-0.1, -0.05) is 5.16 Å². The fourth-order valence-corrected chi connectivity index (χ4v) is 2.94. The first kappa shape index (κ1) is 15.6. The molecule has 120 valence electrons. The van der Waals surface area contributed by atoms with Crippen LogP contribution in [0.1, 0.15) is 35.4 Å². The van der Waals surface area contributed by atoms with Crippen molar-refractivity contribution in [3.8, 4) is 11.8 Å². The summed E-state index contributed by atoms with van der Waals surface area (Å²) in [7, 11) is 0. The highest BCUT2D eigenvalue weighted by molar-refractivity contribution is 5.34. The summed E-state index contributed by atoms with van der Waals surface area (Å²) >= 11 is 0. The van der Waals surface area contributed by atoms with Gasteiger partial charge in [-0.2, -0.15) is 5.26 Å². The van der Waals surface area contributed by atoms with Gasteiger partial charge >= 0.3 is 0 Å². The highest BCUT2D eigenvalue weighted by Crippen LogP contribution is 2.22. The molecule has 0 atom stereocenters. The van der Waals surface area contributed by atoms with E-state index in [2.05, 4.69) is 16.1 Å². The van der Waals surface area contributed by atoms with E-state index in [1.54, 1.807) is 12.1 Å². The Kier molecular flexibility index (Phi) is 4.63. The summed E-state index contributed by atoms with van der Waals surface area (Å²) in [4.78, 5) is 2.42. The van der Waals surface area contributed by atoms with Gasteiger partial charge in [-0.25, -0.2) is 0 Å². The van der Waals surface area contributed by atoms with Gasteiger partial charge in [-0.15, -0.1) is 0 Å². The van der Waals surface area contributed by atoms with Gasteiger partial charge in [0.2, 0.25) is 0 Å². The number of rotatable bonds is 4. The molecule has 5 nitrogen and oxygen atoms in total. The normalized spacial score (nSPS) is 16.2. The van der Waals surface area contributed by atoms with E-state index < -0.39 is 0 Å². The van der Waals surface area contributed by atoms with Crippen molar-refractivity contribution in [2.75, 3.05) is 13.1 Å². The summed E-state index contributed by atoms with van der Waals surface area (Å²) in [6, 6.07) is 9.45. The molecule has 5 heteroatoms. The van der Waals surface area contributed by atoms with E-state index in [1.165, 1.54) is 5.56 Å². The lowest BCUT2D eigenvalue weighted by Gasteiger charge is -2.32. The summed E-state index contributed by atoms with van der Waals surface area (Å²) in [5.41, 5.74) is 2.85. The quantitative estimate of drug-likeness (QED) is 0.867. The predicted octanol–water partition coefficient (Wildman–Crippen LogP) is 3.21. The Morgan fingerprint density at radius 2 is 1.96 bits per heavy atom. The lowest BCUT2D eigenvalue weighted by Crippen LogP contribution is -2.38. The second-order valence-electron chi connectivity index (χ2n) is 6.03. The molecule has 2 aromatic rings. The van der Waals surface area contributed by atoms with Crippen LogP contribution in [-0.2, 0) is 6.54 Å². The number of hydrogen-bond acceptors (Lipinski definition) is 5. The largest absolute Gasteiger partial charge is 0.490 e. The topological polar surface area (TPSA) is 62.3 Å². The van der Waals surface area contributed by atoms with Crippen molar-refractivity contribution in [2.24, 2.45) is 0 Å². The summed E-state index contributed by atoms with van der Waals surface area (Å²) in [5, 5.41) is 12.8. The molecule has 0 amide bonds. The van der Waals surface area contributed by atoms with Crippen molar-refractivity contribution in [3.63, 3.8) is 0 Å². The maximum Gasteiger partial charge on any atom is 0.138 e. The van der Waals surface area contributed by atoms with Crippen LogP contribution in [0.3, 0.4) is 0 Å². The van der Waals surface area contributed by atoms with Gasteiger partial charge in [0, 0.05) is 25.2 Å². The maximum atomic E-state index is 8.82. The predicted molar refractivity (Wildman–Crippen MR) is 86.1 cm³/mol. The Balaban J connectivity index is 1.51. The smallest absolute Gasteiger partial charge is 0.138 e. The minimum atomic E-state index is 0.240. The van der Waals surface area contributed by atoms with Gasteiger partial charge in [0.1, 0.15) is 17.6 Å². The third kappa shape index (κ3) is 3.72. The Morgan fingerprint density at radius 3 is 2.52 bits per heavy atom. The number of benzene rings is 1. The third-order valence-electron chi connectivity index (χ3n) is 4.38. The molecule has 0 spiro atoms. The van der Waals surface area contributed by atoms with E-state index in [4.69, 9.17) is 14.5 Å². The molecular formula is C18H21N3O2. The average molecular weight is 311 g/mol. The van der Waals surface area contributed by atoms with Crippen LogP contribution in [0.25, 0.3) is 0 Å². The van der Waals surface area contributed by atoms with Crippen molar-refractivity contribution in [1.29, 1.82) is 5.26 Å². The first-order valence-electron chi connectivity index (χ1n) is 7.96. The zero-order valence-electron chi connectivity index (χ0n) is 13.6. The Bertz CT molecular complexity index is 673. The van der Waals surface area contributed by atoms with E-state index in [0.717, 1.165) is 49.7 Å². The summed E-state index contributed by atoms with van der Waals surface area (Å²) in [6.07, 6.45) is 2.25. The van der Waals surface area contributed by atoms with Crippen molar-refractivity contribution >= 4 is 0 Å². The Hall–Kier alpha value is -2.32. The van der Waals surface area contributed by atoms with Crippen LogP contribution in [0.4, 0.5) is 0 Å². The lowest BCUT2D eigenvalue weighted by atomic mass is 10.1. The number of aromatic nitrogens is 1. The molecule has 1 aromatic carbocycles. The molecule has 0 bridgehead atoms. The van der Waals surface area contributed by atoms with Gasteiger partial charge in [0.15, 0.2) is 0 Å². The van der Waals surface area contributed by atoms with Crippen LogP contribution in [0, 0.1) is 25.2 Å². The van der Waals surface area contributed by atoms with Crippen LogP contribution < -0.4 is 4.74 Å². The summed E-state index contributed by atoms with van der Waals surface area (Å²) < 4.78 is 11.3. The van der Waals surface area contributed by atoms with Crippen molar-refractivity contribution in [3.05, 3.63) is 46.8 Å². The zero-order valence-corrected chi connectivity index (χ0v) is 13.6. The molecule has 0 radical (unpaired) electrons. The second kappa shape index (κ2) is 6.84. The monoisotopic (exact) mass is 311 g/mol. The van der Waals surface area contributed by atoms with E-state index in [9.17, 15) is 0 Å². The lowest BCUT2D eigenvalue weighted by molar-refractivity contribution is 0.0965. The van der Waals surface area contributed by atoms with Gasteiger partial charge in [0.25, 0.3) is 0 Å². The van der Waals surface area contributed by atoms with Crippen LogP contribution in [0.5, 0.6) is 5.75 Å². The van der Waals surface area contributed by atoms with Gasteiger partial charge in [-0.3, -0.25) is 4.90 Å². The van der Waals surface area contributed by atoms with Crippen LogP contribution in [-0.4, -0.2) is 29.3 Å². The van der Waals surface area contributed by atoms with Crippen LogP contribution >= 0.6 is 0 Å². The number of piperidine rings is 1. The Morgan fingerprint density at radius 1 is 1.26 bits per heavy atom. The average Bonchev–Trinajstić information content (AvgIpc) is 2.89. The molecule has 2 heterocycles. The SMILES string of the molecule is Cc1noc(C)c1CN1CCC(Oc2ccc(C#N)cc2)CC1. The van der Waals surface area contributed by atoms with Gasteiger partial charge < -0.3 is 9.26 Å². The molecule has 1 aromatic heterocycles. The zero-order chi connectivity index (χ0) is 16.2. The molecule has 0 unspecified atom stereocenters. The minimum absolute atomic E-state index is 0.240. The molecule has 0 saturated carbocycles. The van der Waals surface area contributed by atoms with E-state index in [-0.39, 0.29) is 6.10 Å². The fraction of sp³-hybridized carbons (Fsp3) is 0.444. The minimum Gasteiger partial charge on any atom is -0.490 e. The highest BCUT2D eigenvalue weighted by atomic mass is 16.5. The molecule has 1 fully saturated rings. The molecule has 3 rings (SSSR count). The second-order valence-corrected chi connectivity index (χ2v) is 6.03. The number of likely N-dealkylation sites (tertiary alicyclic amines) is 1. The molecule has 0 aliphatic carbocycles. The molecule has 0 N–H and O–H groups in total. The van der Waals surface area contributed by atoms with Gasteiger partial charge in [-0.05, 0) is 51.0 Å². The number of hydrogen-bond donors (Lipinski definition) is 0. The fourth-order valence-electron chi connectivity index (χ4n) is 2.94. The van der Waals surface area contributed by atoms with E-state index in [0.29, 0.717) is 5.56 Å². The molecule has 23 heavy (non-hydrogen) atoms. The first-order valence-corrected chi connectivity index (χ1v) is 7.96. The van der Waals surface area contributed by atoms with Gasteiger partial charge in [0.05, 0.1) is 17.3 Å². The van der Waals surface area contributed by atoms with E-state index >= 15 is 0 Å². The van der Waals surface area contributed by atoms with E-state index in [1.807, 2.05) is 26.0 Å². The highest BCUT2D eigenvalue weighted by Gasteiger charge is 2.22. The number of aryl methyl sites for hydroxylation is 2. The van der Waals surface area contributed by atoms with Crippen molar-refractivity contribution < 1.29 is 9.26 Å². The maximum absolute atomic E-state index is 8.82. The number of ether oxygens (including phenoxy) is 1. The summed E-state index contributed by atoms with van der Waals surface area (Å²) in [5.74, 6) is 1.76. The molecular weight excluding hydrogens is 290 g/mol. The summed E-state index contributed by atoms with van der Waals surface area (Å²) in [6.45, 7) is 6.86. The van der Waals surface area contributed by atoms with Crippen molar-refractivity contribution in [2.45, 2.75) is 39.3 Å².